The van der Waals surface area contributed by atoms with E-state index in [1.54, 1.807) is 9.58 Å². The molecule has 1 aromatic heterocycles. The fourth-order valence-electron chi connectivity index (χ4n) is 3.66. The lowest BCUT2D eigenvalue weighted by molar-refractivity contribution is -0.763. The fourth-order valence-corrected chi connectivity index (χ4v) is 4.48. The molecule has 2 heterocycles. The van der Waals surface area contributed by atoms with Crippen LogP contribution < -0.4 is 19.9 Å². The molecule has 9 heteroatoms. The van der Waals surface area contributed by atoms with Crippen molar-refractivity contribution in [3.05, 3.63) is 62.9 Å². The Hall–Kier alpha value is -2.65. The van der Waals surface area contributed by atoms with Gasteiger partial charge in [0.1, 0.15) is 5.75 Å². The van der Waals surface area contributed by atoms with E-state index < -0.39 is 6.17 Å². The number of thioether (sulfide) groups is 1. The molecule has 7 nitrogen and oxygen atoms in total. The van der Waals surface area contributed by atoms with E-state index in [1.165, 1.54) is 18.7 Å². The van der Waals surface area contributed by atoms with Gasteiger partial charge in [-0.25, -0.2) is 4.90 Å². The number of fused-ring (bicyclic) bond motifs is 3. The maximum absolute atomic E-state index is 13.0. The van der Waals surface area contributed by atoms with Gasteiger partial charge in [0.2, 0.25) is 11.1 Å². The predicted molar refractivity (Wildman–Crippen MR) is 119 cm³/mol. The van der Waals surface area contributed by atoms with Crippen LogP contribution in [0.4, 0.5) is 5.69 Å². The van der Waals surface area contributed by atoms with Crippen LogP contribution in [0.1, 0.15) is 25.6 Å². The minimum absolute atomic E-state index is 0.160. The molecule has 1 aliphatic heterocycles. The monoisotopic (exact) mass is 487 g/mol. The van der Waals surface area contributed by atoms with Crippen molar-refractivity contribution in [2.24, 2.45) is 0 Å². The first-order valence-corrected chi connectivity index (χ1v) is 11.4. The zero-order chi connectivity index (χ0) is 21.4. The number of carbonyl (C=O) groups is 1. The average Bonchev–Trinajstić information content (AvgIpc) is 2.73. The molecule has 30 heavy (non-hydrogen) atoms. The summed E-state index contributed by atoms with van der Waals surface area (Å²) < 4.78 is 8.10. The molecule has 2 aromatic carbocycles. The summed E-state index contributed by atoms with van der Waals surface area (Å²) in [4.78, 5) is 30.4. The second kappa shape index (κ2) is 8.23. The number of aromatic nitrogens is 3. The number of H-pyrrole nitrogens is 1. The van der Waals surface area contributed by atoms with E-state index in [0.717, 1.165) is 10.0 Å². The second-order valence-corrected chi connectivity index (χ2v) is 8.30. The van der Waals surface area contributed by atoms with Gasteiger partial charge in [0.25, 0.3) is 6.17 Å². The number of hydrogen-bond donors (Lipinski definition) is 1. The normalized spacial score (nSPS) is 14.8. The molecule has 0 fully saturated rings. The van der Waals surface area contributed by atoms with E-state index in [2.05, 4.69) is 26.0 Å². The number of anilines is 1. The summed E-state index contributed by atoms with van der Waals surface area (Å²) >= 11 is 4.95. The number of nitrogens with zero attached hydrogens (tertiary/aromatic N) is 3. The predicted octanol–water partition coefficient (Wildman–Crippen LogP) is 3.52. The number of carbonyl (C=O) groups excluding carboxylic acids is 1. The molecule has 1 amide bonds. The molecule has 0 radical (unpaired) electrons. The van der Waals surface area contributed by atoms with Crippen LogP contribution in [0.25, 0.3) is 11.3 Å². The van der Waals surface area contributed by atoms with E-state index in [1.807, 2.05) is 55.6 Å². The van der Waals surface area contributed by atoms with Crippen molar-refractivity contribution in [1.82, 2.24) is 10.1 Å². The fraction of sp³-hybridized carbons (Fsp3) is 0.238. The Kier molecular flexibility index (Phi) is 5.66. The molecular weight excluding hydrogens is 468 g/mol. The van der Waals surface area contributed by atoms with Crippen molar-refractivity contribution in [2.75, 3.05) is 17.8 Å². The number of para-hydroxylation sites is 1. The standard InChI is InChI=1S/C21H19BrN4O3S/c1-4-29-13-9-10-16(22)15(11-13)20-25(12(2)27)17-8-6-5-7-14(17)18-19(28)23-21(30-3)24-26(18)20/h5-11,20H,4H2,1-3H3/p+1. The van der Waals surface area contributed by atoms with Gasteiger partial charge >= 0.3 is 11.3 Å². The number of benzene rings is 2. The topological polar surface area (TPSA) is 79.2 Å². The first-order chi connectivity index (χ1) is 14.5. The van der Waals surface area contributed by atoms with E-state index in [-0.39, 0.29) is 11.5 Å². The lowest BCUT2D eigenvalue weighted by Gasteiger charge is -2.31. The van der Waals surface area contributed by atoms with Gasteiger partial charge in [-0.1, -0.05) is 39.8 Å². The number of aromatic amines is 1. The number of hydrogen-bond acceptors (Lipinski definition) is 5. The quantitative estimate of drug-likeness (QED) is 0.449. The summed E-state index contributed by atoms with van der Waals surface area (Å²) in [6.07, 6.45) is 1.18. The molecule has 0 aliphatic carbocycles. The van der Waals surface area contributed by atoms with Crippen LogP contribution in [0.5, 0.6) is 5.75 Å². The highest BCUT2D eigenvalue weighted by Gasteiger charge is 2.45. The lowest BCUT2D eigenvalue weighted by atomic mass is 10.0. The molecule has 1 atom stereocenters. The summed E-state index contributed by atoms with van der Waals surface area (Å²) in [5.41, 5.74) is 2.23. The molecule has 1 N–H and O–H groups in total. The Bertz CT molecular complexity index is 1200. The Morgan fingerprint density at radius 2 is 2.10 bits per heavy atom. The molecule has 1 aliphatic rings. The number of halogens is 1. The Morgan fingerprint density at radius 1 is 1.33 bits per heavy atom. The third-order valence-electron chi connectivity index (χ3n) is 4.85. The maximum Gasteiger partial charge on any atom is 0.325 e. The second-order valence-electron chi connectivity index (χ2n) is 6.65. The van der Waals surface area contributed by atoms with Crippen LogP contribution in [0.2, 0.25) is 0 Å². The number of rotatable bonds is 4. The van der Waals surface area contributed by atoms with Crippen LogP contribution in [0.15, 0.2) is 56.9 Å². The van der Waals surface area contributed by atoms with Gasteiger partial charge in [-0.05, 0) is 48.2 Å². The van der Waals surface area contributed by atoms with Crippen molar-refractivity contribution in [3.8, 4) is 17.0 Å². The van der Waals surface area contributed by atoms with Crippen molar-refractivity contribution < 1.29 is 14.2 Å². The molecule has 4 rings (SSSR count). The molecule has 3 aromatic rings. The first-order valence-electron chi connectivity index (χ1n) is 9.37. The van der Waals surface area contributed by atoms with E-state index >= 15 is 0 Å². The SMILES string of the molecule is CCOc1ccc(Br)c(C2N(C(C)=O)c3ccccc3-c3c(=O)[nH]c(SC)n[n+]32)c1. The van der Waals surface area contributed by atoms with Gasteiger partial charge in [0.05, 0.1) is 23.4 Å². The van der Waals surface area contributed by atoms with Crippen molar-refractivity contribution in [1.29, 1.82) is 0 Å². The third kappa shape index (κ3) is 3.41. The number of amides is 1. The van der Waals surface area contributed by atoms with Crippen LogP contribution in [0.3, 0.4) is 0 Å². The van der Waals surface area contributed by atoms with Crippen molar-refractivity contribution in [2.45, 2.75) is 25.2 Å². The van der Waals surface area contributed by atoms with E-state index in [4.69, 9.17) is 4.74 Å². The van der Waals surface area contributed by atoms with E-state index in [9.17, 15) is 9.59 Å². The highest BCUT2D eigenvalue weighted by molar-refractivity contribution is 9.10. The summed E-state index contributed by atoms with van der Waals surface area (Å²) in [6, 6.07) is 13.0. The summed E-state index contributed by atoms with van der Waals surface area (Å²) in [5, 5.41) is 5.13. The molecule has 0 spiro atoms. The number of ether oxygens (including phenoxy) is 1. The van der Waals surface area contributed by atoms with Gasteiger partial charge in [0.15, 0.2) is 0 Å². The molecule has 1 unspecified atom stereocenters. The van der Waals surface area contributed by atoms with Crippen molar-refractivity contribution in [3.63, 3.8) is 0 Å². The van der Waals surface area contributed by atoms with Crippen LogP contribution >= 0.6 is 27.7 Å². The van der Waals surface area contributed by atoms with Crippen LogP contribution in [-0.4, -0.2) is 28.9 Å². The number of nitrogens with one attached hydrogen (secondary N) is 1. The molecule has 0 saturated heterocycles. The highest BCUT2D eigenvalue weighted by atomic mass is 79.9. The zero-order valence-electron chi connectivity index (χ0n) is 16.7. The van der Waals surface area contributed by atoms with Gasteiger partial charge in [-0.2, -0.15) is 0 Å². The minimum Gasteiger partial charge on any atom is -0.494 e. The van der Waals surface area contributed by atoms with Gasteiger partial charge in [-0.15, -0.1) is 0 Å². The Morgan fingerprint density at radius 3 is 2.80 bits per heavy atom. The maximum atomic E-state index is 13.0. The highest BCUT2D eigenvalue weighted by Crippen LogP contribution is 2.39. The lowest BCUT2D eigenvalue weighted by Crippen LogP contribution is -2.60. The van der Waals surface area contributed by atoms with Crippen molar-refractivity contribution >= 4 is 39.3 Å². The molecule has 0 saturated carbocycles. The van der Waals surface area contributed by atoms with Crippen LogP contribution in [0, 0.1) is 0 Å². The Balaban J connectivity index is 2.08. The molecule has 0 bridgehead atoms. The average molecular weight is 488 g/mol. The third-order valence-corrected chi connectivity index (χ3v) is 6.14. The summed E-state index contributed by atoms with van der Waals surface area (Å²) in [5.74, 6) is 0.516. The summed E-state index contributed by atoms with van der Waals surface area (Å²) in [7, 11) is 0. The van der Waals surface area contributed by atoms with E-state index in [0.29, 0.717) is 34.5 Å². The smallest absolute Gasteiger partial charge is 0.325 e. The Labute approximate surface area is 186 Å². The van der Waals surface area contributed by atoms with Gasteiger partial charge < -0.3 is 4.74 Å². The van der Waals surface area contributed by atoms with Gasteiger partial charge in [-0.3, -0.25) is 14.6 Å². The first kappa shape index (κ1) is 20.6. The largest absolute Gasteiger partial charge is 0.494 e. The molecular formula is C21H20BrN4O3S+. The van der Waals surface area contributed by atoms with Gasteiger partial charge in [0, 0.05) is 16.5 Å². The molecule has 154 valence electrons. The minimum atomic E-state index is -0.657. The van der Waals surface area contributed by atoms with Crippen LogP contribution in [-0.2, 0) is 4.79 Å². The zero-order valence-corrected chi connectivity index (χ0v) is 19.1. The summed E-state index contributed by atoms with van der Waals surface area (Å²) in [6.45, 7) is 3.94.